The molecule has 3 nitrogen and oxygen atoms in total. The first-order valence-corrected chi connectivity index (χ1v) is 9.22. The highest BCUT2D eigenvalue weighted by Gasteiger charge is 2.34. The monoisotopic (exact) mass is 323 g/mol. The van der Waals surface area contributed by atoms with Crippen LogP contribution in [0.3, 0.4) is 0 Å². The van der Waals surface area contributed by atoms with E-state index in [2.05, 4.69) is 33.0 Å². The molecule has 0 aliphatic carbocycles. The molecule has 1 aliphatic heterocycles. The second kappa shape index (κ2) is 7.60. The van der Waals surface area contributed by atoms with Gasteiger partial charge in [-0.3, -0.25) is 4.79 Å². The predicted octanol–water partition coefficient (Wildman–Crippen LogP) is 4.35. The second-order valence-electron chi connectivity index (χ2n) is 7.29. The van der Waals surface area contributed by atoms with Gasteiger partial charge >= 0.3 is 0 Å². The first-order valence-electron chi connectivity index (χ1n) is 8.35. The maximum absolute atomic E-state index is 12.0. The molecule has 2 rings (SSSR count). The van der Waals surface area contributed by atoms with E-state index >= 15 is 0 Å². The average Bonchev–Trinajstić information content (AvgIpc) is 2.95. The number of amides is 1. The third kappa shape index (κ3) is 4.82. The number of thiophene rings is 1. The van der Waals surface area contributed by atoms with E-state index in [1.54, 1.807) is 0 Å². The molecule has 2 atom stereocenters. The maximum atomic E-state index is 12.0. The number of rotatable bonds is 6. The SMILES string of the molecule is CC(C)[C@@H](CCNC(=O)c1cccs1)[C@@H]1CCOC(C)(C)C1. The molecule has 0 radical (unpaired) electrons. The first-order chi connectivity index (χ1) is 10.4. The van der Waals surface area contributed by atoms with Crippen LogP contribution in [-0.2, 0) is 4.74 Å². The standard InChI is InChI=1S/C18H29NO2S/c1-13(2)15(14-8-10-21-18(3,4)12-14)7-9-19-17(20)16-6-5-11-22-16/h5-6,11,13-15H,7-10,12H2,1-4H3,(H,19,20)/t14-,15-/m1/s1. The van der Waals surface area contributed by atoms with E-state index in [1.165, 1.54) is 11.3 Å². The van der Waals surface area contributed by atoms with Gasteiger partial charge < -0.3 is 10.1 Å². The molecule has 1 aromatic rings. The molecule has 1 fully saturated rings. The van der Waals surface area contributed by atoms with Crippen molar-refractivity contribution in [3.8, 4) is 0 Å². The number of ether oxygens (including phenoxy) is 1. The minimum atomic E-state index is -0.00370. The van der Waals surface area contributed by atoms with Gasteiger partial charge in [-0.1, -0.05) is 19.9 Å². The third-order valence-corrected chi connectivity index (χ3v) is 5.57. The lowest BCUT2D eigenvalue weighted by Gasteiger charge is -2.40. The van der Waals surface area contributed by atoms with Gasteiger partial charge in [0.25, 0.3) is 5.91 Å². The van der Waals surface area contributed by atoms with Gasteiger partial charge in [-0.25, -0.2) is 0 Å². The number of carbonyl (C=O) groups excluding carboxylic acids is 1. The third-order valence-electron chi connectivity index (χ3n) is 4.71. The minimum Gasteiger partial charge on any atom is -0.376 e. The molecule has 124 valence electrons. The Bertz CT molecular complexity index is 467. The maximum Gasteiger partial charge on any atom is 0.261 e. The molecule has 1 N–H and O–H groups in total. The molecule has 0 saturated carbocycles. The van der Waals surface area contributed by atoms with Crippen LogP contribution in [0.25, 0.3) is 0 Å². The molecule has 0 spiro atoms. The van der Waals surface area contributed by atoms with Crippen molar-refractivity contribution in [3.05, 3.63) is 22.4 Å². The van der Waals surface area contributed by atoms with Gasteiger partial charge in [0.15, 0.2) is 0 Å². The van der Waals surface area contributed by atoms with E-state index in [1.807, 2.05) is 17.5 Å². The molecule has 4 heteroatoms. The van der Waals surface area contributed by atoms with Crippen molar-refractivity contribution in [2.75, 3.05) is 13.2 Å². The summed E-state index contributed by atoms with van der Waals surface area (Å²) in [6, 6.07) is 3.79. The molecule has 0 aromatic carbocycles. The molecule has 1 amide bonds. The number of hydrogen-bond donors (Lipinski definition) is 1. The van der Waals surface area contributed by atoms with Crippen LogP contribution in [0, 0.1) is 17.8 Å². The zero-order valence-electron chi connectivity index (χ0n) is 14.2. The smallest absolute Gasteiger partial charge is 0.261 e. The highest BCUT2D eigenvalue weighted by atomic mass is 32.1. The summed E-state index contributed by atoms with van der Waals surface area (Å²) in [6.45, 7) is 10.6. The normalized spacial score (nSPS) is 22.5. The lowest BCUT2D eigenvalue weighted by atomic mass is 9.73. The van der Waals surface area contributed by atoms with Gasteiger partial charge in [0.1, 0.15) is 0 Å². The lowest BCUT2D eigenvalue weighted by Crippen LogP contribution is -2.39. The summed E-state index contributed by atoms with van der Waals surface area (Å²) < 4.78 is 5.85. The molecule has 1 aromatic heterocycles. The quantitative estimate of drug-likeness (QED) is 0.845. The van der Waals surface area contributed by atoms with Crippen LogP contribution in [0.5, 0.6) is 0 Å². The van der Waals surface area contributed by atoms with Gasteiger partial charge in [0, 0.05) is 13.2 Å². The molecule has 1 saturated heterocycles. The van der Waals surface area contributed by atoms with E-state index in [9.17, 15) is 4.79 Å². The summed E-state index contributed by atoms with van der Waals surface area (Å²) in [5, 5.41) is 5.01. The van der Waals surface area contributed by atoms with Crippen molar-refractivity contribution >= 4 is 17.2 Å². The van der Waals surface area contributed by atoms with Crippen LogP contribution in [0.15, 0.2) is 17.5 Å². The van der Waals surface area contributed by atoms with Crippen molar-refractivity contribution in [1.82, 2.24) is 5.32 Å². The molecular weight excluding hydrogens is 294 g/mol. The van der Waals surface area contributed by atoms with Crippen LogP contribution in [-0.4, -0.2) is 24.7 Å². The van der Waals surface area contributed by atoms with Gasteiger partial charge in [-0.05, 0) is 62.3 Å². The zero-order chi connectivity index (χ0) is 16.2. The Labute approximate surface area is 138 Å². The van der Waals surface area contributed by atoms with Crippen LogP contribution in [0.1, 0.15) is 56.6 Å². The number of hydrogen-bond acceptors (Lipinski definition) is 3. The first kappa shape index (κ1) is 17.5. The van der Waals surface area contributed by atoms with Crippen molar-refractivity contribution in [3.63, 3.8) is 0 Å². The molecule has 0 bridgehead atoms. The minimum absolute atomic E-state index is 0.00370. The summed E-state index contributed by atoms with van der Waals surface area (Å²) in [6.07, 6.45) is 3.31. The van der Waals surface area contributed by atoms with Gasteiger partial charge in [0.05, 0.1) is 10.5 Å². The van der Waals surface area contributed by atoms with E-state index < -0.39 is 0 Å². The summed E-state index contributed by atoms with van der Waals surface area (Å²) in [7, 11) is 0. The molecule has 0 unspecified atom stereocenters. The van der Waals surface area contributed by atoms with Crippen LogP contribution >= 0.6 is 11.3 Å². The fourth-order valence-corrected chi connectivity index (χ4v) is 4.25. The average molecular weight is 324 g/mol. The van der Waals surface area contributed by atoms with Gasteiger partial charge in [-0.2, -0.15) is 0 Å². The fourth-order valence-electron chi connectivity index (χ4n) is 3.61. The Hall–Kier alpha value is -0.870. The molecule has 22 heavy (non-hydrogen) atoms. The van der Waals surface area contributed by atoms with Crippen molar-refractivity contribution in [2.24, 2.45) is 17.8 Å². The van der Waals surface area contributed by atoms with Crippen LogP contribution < -0.4 is 5.32 Å². The van der Waals surface area contributed by atoms with Crippen molar-refractivity contribution in [1.29, 1.82) is 0 Å². The number of carbonyl (C=O) groups is 1. The summed E-state index contributed by atoms with van der Waals surface area (Å²) in [5.41, 5.74) is -0.00370. The summed E-state index contributed by atoms with van der Waals surface area (Å²) in [5.74, 6) is 2.04. The lowest BCUT2D eigenvalue weighted by molar-refractivity contribution is -0.0867. The van der Waals surface area contributed by atoms with E-state index in [4.69, 9.17) is 4.74 Å². The Morgan fingerprint density at radius 2 is 2.27 bits per heavy atom. The van der Waals surface area contributed by atoms with E-state index in [0.717, 1.165) is 37.3 Å². The molecular formula is C18H29NO2S. The highest BCUT2D eigenvalue weighted by Crippen LogP contribution is 2.37. The van der Waals surface area contributed by atoms with Crippen LogP contribution in [0.4, 0.5) is 0 Å². The van der Waals surface area contributed by atoms with Crippen molar-refractivity contribution < 1.29 is 9.53 Å². The Balaban J connectivity index is 1.85. The Kier molecular flexibility index (Phi) is 6.04. The molecule has 1 aliphatic rings. The topological polar surface area (TPSA) is 38.3 Å². The second-order valence-corrected chi connectivity index (χ2v) is 8.24. The Morgan fingerprint density at radius 1 is 1.50 bits per heavy atom. The Morgan fingerprint density at radius 3 is 2.86 bits per heavy atom. The van der Waals surface area contributed by atoms with Gasteiger partial charge in [0.2, 0.25) is 0 Å². The largest absolute Gasteiger partial charge is 0.376 e. The summed E-state index contributed by atoms with van der Waals surface area (Å²) in [4.78, 5) is 12.8. The van der Waals surface area contributed by atoms with Gasteiger partial charge in [-0.15, -0.1) is 11.3 Å². The number of nitrogens with one attached hydrogen (secondary N) is 1. The molecule has 2 heterocycles. The fraction of sp³-hybridized carbons (Fsp3) is 0.722. The van der Waals surface area contributed by atoms with Crippen molar-refractivity contribution in [2.45, 2.75) is 52.6 Å². The summed E-state index contributed by atoms with van der Waals surface area (Å²) >= 11 is 1.50. The predicted molar refractivity (Wildman–Crippen MR) is 92.4 cm³/mol. The van der Waals surface area contributed by atoms with Crippen LogP contribution in [0.2, 0.25) is 0 Å². The zero-order valence-corrected chi connectivity index (χ0v) is 15.0. The van der Waals surface area contributed by atoms with E-state index in [0.29, 0.717) is 17.8 Å². The highest BCUT2D eigenvalue weighted by molar-refractivity contribution is 7.12. The van der Waals surface area contributed by atoms with E-state index in [-0.39, 0.29) is 11.5 Å².